The minimum absolute atomic E-state index is 0.179. The number of hydrogen-bond donors (Lipinski definition) is 1. The Labute approximate surface area is 95.7 Å². The monoisotopic (exact) mass is 228 g/mol. The highest BCUT2D eigenvalue weighted by atomic mass is 32.1. The molecule has 0 aliphatic heterocycles. The summed E-state index contributed by atoms with van der Waals surface area (Å²) in [5.74, 6) is 0.484. The predicted octanol–water partition coefficient (Wildman–Crippen LogP) is 1.99. The van der Waals surface area contributed by atoms with Crippen molar-refractivity contribution in [2.75, 3.05) is 13.2 Å². The smallest absolute Gasteiger partial charge is 0.0797 e. The zero-order chi connectivity index (χ0) is 11.3. The normalized spacial score (nSPS) is 13.4. The lowest BCUT2D eigenvalue weighted by atomic mass is 10.1. The van der Waals surface area contributed by atoms with Crippen LogP contribution in [0.15, 0.2) is 5.51 Å². The van der Waals surface area contributed by atoms with Crippen LogP contribution in [0.5, 0.6) is 0 Å². The van der Waals surface area contributed by atoms with Crippen molar-refractivity contribution in [2.24, 2.45) is 11.7 Å². The fourth-order valence-electron chi connectivity index (χ4n) is 1.40. The summed E-state index contributed by atoms with van der Waals surface area (Å²) in [6, 6.07) is 0. The predicted molar refractivity (Wildman–Crippen MR) is 64.2 cm³/mol. The Morgan fingerprint density at radius 2 is 2.27 bits per heavy atom. The maximum absolute atomic E-state index is 5.73. The SMILES string of the molecule is Cc1ncsc1CCOC(CN)C(C)C. The van der Waals surface area contributed by atoms with Gasteiger partial charge in [0.1, 0.15) is 0 Å². The molecular weight excluding hydrogens is 208 g/mol. The van der Waals surface area contributed by atoms with E-state index in [1.807, 2.05) is 12.4 Å². The van der Waals surface area contributed by atoms with Crippen molar-refractivity contribution >= 4 is 11.3 Å². The molecule has 0 spiro atoms. The first-order valence-electron chi connectivity index (χ1n) is 5.35. The van der Waals surface area contributed by atoms with Crippen molar-refractivity contribution in [1.82, 2.24) is 4.98 Å². The summed E-state index contributed by atoms with van der Waals surface area (Å²) in [4.78, 5) is 5.52. The van der Waals surface area contributed by atoms with E-state index in [0.717, 1.165) is 18.7 Å². The Bertz CT molecular complexity index is 286. The fraction of sp³-hybridized carbons (Fsp3) is 0.727. The van der Waals surface area contributed by atoms with E-state index >= 15 is 0 Å². The summed E-state index contributed by atoms with van der Waals surface area (Å²) < 4.78 is 5.73. The van der Waals surface area contributed by atoms with Crippen molar-refractivity contribution in [3.63, 3.8) is 0 Å². The zero-order valence-electron chi connectivity index (χ0n) is 9.69. The summed E-state index contributed by atoms with van der Waals surface area (Å²) in [5, 5.41) is 0. The van der Waals surface area contributed by atoms with Crippen LogP contribution in [-0.2, 0) is 11.2 Å². The molecule has 0 radical (unpaired) electrons. The van der Waals surface area contributed by atoms with Crippen LogP contribution in [0, 0.1) is 12.8 Å². The van der Waals surface area contributed by atoms with E-state index in [0.29, 0.717) is 12.5 Å². The second kappa shape index (κ2) is 6.20. The number of nitrogens with zero attached hydrogens (tertiary/aromatic N) is 1. The molecule has 0 aliphatic carbocycles. The molecule has 0 saturated heterocycles. The van der Waals surface area contributed by atoms with Crippen LogP contribution in [0.4, 0.5) is 0 Å². The van der Waals surface area contributed by atoms with Crippen LogP contribution in [-0.4, -0.2) is 24.2 Å². The quantitative estimate of drug-likeness (QED) is 0.810. The number of thiazole rings is 1. The molecule has 1 aromatic rings. The van der Waals surface area contributed by atoms with Gasteiger partial charge in [0.15, 0.2) is 0 Å². The second-order valence-electron chi connectivity index (χ2n) is 4.00. The molecule has 0 amide bonds. The summed E-state index contributed by atoms with van der Waals surface area (Å²) in [5.41, 5.74) is 8.63. The van der Waals surface area contributed by atoms with Gasteiger partial charge in [0.05, 0.1) is 23.9 Å². The number of aromatic nitrogens is 1. The van der Waals surface area contributed by atoms with E-state index in [2.05, 4.69) is 18.8 Å². The van der Waals surface area contributed by atoms with Gasteiger partial charge in [-0.15, -0.1) is 11.3 Å². The number of nitrogens with two attached hydrogens (primary N) is 1. The molecule has 2 N–H and O–H groups in total. The second-order valence-corrected chi connectivity index (χ2v) is 4.94. The summed E-state index contributed by atoms with van der Waals surface area (Å²) in [6.07, 6.45) is 1.12. The van der Waals surface area contributed by atoms with Crippen LogP contribution in [0.2, 0.25) is 0 Å². The number of aryl methyl sites for hydroxylation is 1. The van der Waals surface area contributed by atoms with Gasteiger partial charge in [-0.05, 0) is 12.8 Å². The maximum atomic E-state index is 5.73. The van der Waals surface area contributed by atoms with Gasteiger partial charge in [-0.2, -0.15) is 0 Å². The molecule has 1 rings (SSSR count). The Morgan fingerprint density at radius 3 is 2.73 bits per heavy atom. The highest BCUT2D eigenvalue weighted by Gasteiger charge is 2.11. The average molecular weight is 228 g/mol. The molecule has 1 aromatic heterocycles. The summed E-state index contributed by atoms with van der Waals surface area (Å²) >= 11 is 1.69. The molecule has 1 unspecified atom stereocenters. The molecular formula is C11H20N2OS. The molecule has 0 bridgehead atoms. The topological polar surface area (TPSA) is 48.1 Å². The van der Waals surface area contributed by atoms with Gasteiger partial charge in [0, 0.05) is 17.8 Å². The first kappa shape index (κ1) is 12.6. The van der Waals surface area contributed by atoms with Gasteiger partial charge in [0.25, 0.3) is 0 Å². The van der Waals surface area contributed by atoms with Crippen LogP contribution in [0.1, 0.15) is 24.4 Å². The van der Waals surface area contributed by atoms with Gasteiger partial charge in [0.2, 0.25) is 0 Å². The van der Waals surface area contributed by atoms with E-state index in [1.165, 1.54) is 4.88 Å². The first-order chi connectivity index (χ1) is 7.15. The van der Waals surface area contributed by atoms with E-state index in [-0.39, 0.29) is 6.10 Å². The van der Waals surface area contributed by atoms with Crippen molar-refractivity contribution in [3.05, 3.63) is 16.1 Å². The Kier molecular flexibility index (Phi) is 5.22. The zero-order valence-corrected chi connectivity index (χ0v) is 10.5. The van der Waals surface area contributed by atoms with Gasteiger partial charge in [-0.25, -0.2) is 4.98 Å². The molecule has 4 heteroatoms. The minimum Gasteiger partial charge on any atom is -0.376 e. The Balaban J connectivity index is 2.29. The molecule has 1 heterocycles. The maximum Gasteiger partial charge on any atom is 0.0797 e. The van der Waals surface area contributed by atoms with E-state index in [1.54, 1.807) is 11.3 Å². The lowest BCUT2D eigenvalue weighted by Gasteiger charge is -2.19. The van der Waals surface area contributed by atoms with Crippen LogP contribution in [0.25, 0.3) is 0 Å². The number of ether oxygens (including phenoxy) is 1. The van der Waals surface area contributed by atoms with Crippen LogP contribution < -0.4 is 5.73 Å². The first-order valence-corrected chi connectivity index (χ1v) is 6.23. The van der Waals surface area contributed by atoms with Crippen LogP contribution >= 0.6 is 11.3 Å². The van der Waals surface area contributed by atoms with Gasteiger partial charge in [-0.1, -0.05) is 13.8 Å². The van der Waals surface area contributed by atoms with Crippen molar-refractivity contribution < 1.29 is 4.74 Å². The summed E-state index contributed by atoms with van der Waals surface area (Å²) in [6.45, 7) is 7.64. The molecule has 0 fully saturated rings. The van der Waals surface area contributed by atoms with Crippen molar-refractivity contribution in [3.8, 4) is 0 Å². The fourth-order valence-corrected chi connectivity index (χ4v) is 2.16. The lowest BCUT2D eigenvalue weighted by Crippen LogP contribution is -2.29. The molecule has 0 aromatic carbocycles. The van der Waals surface area contributed by atoms with E-state index in [4.69, 9.17) is 10.5 Å². The molecule has 1 atom stereocenters. The Hall–Kier alpha value is -0.450. The third kappa shape index (κ3) is 3.89. The van der Waals surface area contributed by atoms with Crippen molar-refractivity contribution in [2.45, 2.75) is 33.3 Å². The molecule has 0 aliphatic rings. The van der Waals surface area contributed by atoms with E-state index in [9.17, 15) is 0 Å². The van der Waals surface area contributed by atoms with Crippen molar-refractivity contribution in [1.29, 1.82) is 0 Å². The molecule has 3 nitrogen and oxygen atoms in total. The largest absolute Gasteiger partial charge is 0.376 e. The number of hydrogen-bond acceptors (Lipinski definition) is 4. The van der Waals surface area contributed by atoms with E-state index < -0.39 is 0 Å². The minimum atomic E-state index is 0.179. The highest BCUT2D eigenvalue weighted by Crippen LogP contribution is 2.13. The molecule has 0 saturated carbocycles. The highest BCUT2D eigenvalue weighted by molar-refractivity contribution is 7.09. The van der Waals surface area contributed by atoms with Crippen LogP contribution in [0.3, 0.4) is 0 Å². The standard InChI is InChI=1S/C11H20N2OS/c1-8(2)10(6-12)14-5-4-11-9(3)13-7-15-11/h7-8,10H,4-6,12H2,1-3H3. The van der Waals surface area contributed by atoms with Gasteiger partial charge in [-0.3, -0.25) is 0 Å². The molecule has 15 heavy (non-hydrogen) atoms. The third-order valence-corrected chi connectivity index (χ3v) is 3.48. The Morgan fingerprint density at radius 1 is 1.53 bits per heavy atom. The summed E-state index contributed by atoms with van der Waals surface area (Å²) in [7, 11) is 0. The number of rotatable bonds is 6. The lowest BCUT2D eigenvalue weighted by molar-refractivity contribution is 0.0307. The third-order valence-electron chi connectivity index (χ3n) is 2.48. The average Bonchev–Trinajstić information content (AvgIpc) is 2.58. The van der Waals surface area contributed by atoms with Gasteiger partial charge >= 0.3 is 0 Å². The van der Waals surface area contributed by atoms with Gasteiger partial charge < -0.3 is 10.5 Å². The molecule has 86 valence electrons.